The Balaban J connectivity index is 1.69. The second-order valence-electron chi connectivity index (χ2n) is 6.46. The molecule has 7 heteroatoms. The average molecular weight is 403 g/mol. The third-order valence-electron chi connectivity index (χ3n) is 4.53. The summed E-state index contributed by atoms with van der Waals surface area (Å²) in [5.41, 5.74) is 2.09. The Bertz CT molecular complexity index is 1140. The summed E-state index contributed by atoms with van der Waals surface area (Å²) in [6, 6.07) is 23.4. The molecule has 1 heterocycles. The lowest BCUT2D eigenvalue weighted by atomic mass is 10.1. The van der Waals surface area contributed by atoms with Gasteiger partial charge in [-0.15, -0.1) is 0 Å². The van der Waals surface area contributed by atoms with Crippen molar-refractivity contribution in [2.24, 2.45) is 0 Å². The van der Waals surface area contributed by atoms with Gasteiger partial charge in [-0.3, -0.25) is 19.8 Å². The number of rotatable bonds is 6. The van der Waals surface area contributed by atoms with Crippen molar-refractivity contribution in [2.75, 3.05) is 11.4 Å². The van der Waals surface area contributed by atoms with Crippen LogP contribution in [-0.4, -0.2) is 22.4 Å². The van der Waals surface area contributed by atoms with E-state index in [1.165, 1.54) is 29.5 Å². The first-order valence-corrected chi connectivity index (χ1v) is 9.89. The van der Waals surface area contributed by atoms with Crippen molar-refractivity contribution in [3.8, 4) is 0 Å². The molecule has 0 N–H and O–H groups in total. The maximum atomic E-state index is 13.3. The minimum absolute atomic E-state index is 0.108. The number of anilines is 1. The minimum atomic E-state index is -0.497. The highest BCUT2D eigenvalue weighted by Gasteiger charge is 2.22. The van der Waals surface area contributed by atoms with Crippen LogP contribution in [0.4, 0.5) is 10.8 Å². The SMILES string of the molecule is O=C(c1cccc([N+](=O)[O-])c1)N(CCc1ccccc1)c1nc2ccccc2s1. The van der Waals surface area contributed by atoms with E-state index in [9.17, 15) is 14.9 Å². The Morgan fingerprint density at radius 2 is 1.76 bits per heavy atom. The molecule has 3 aromatic carbocycles. The van der Waals surface area contributed by atoms with E-state index in [-0.39, 0.29) is 17.2 Å². The first-order valence-electron chi connectivity index (χ1n) is 9.07. The molecule has 0 bridgehead atoms. The smallest absolute Gasteiger partial charge is 0.270 e. The van der Waals surface area contributed by atoms with Crippen molar-refractivity contribution in [3.05, 3.63) is 100 Å². The number of carbonyl (C=O) groups excluding carboxylic acids is 1. The predicted molar refractivity (Wildman–Crippen MR) is 115 cm³/mol. The van der Waals surface area contributed by atoms with E-state index < -0.39 is 4.92 Å². The molecular weight excluding hydrogens is 386 g/mol. The molecule has 0 aliphatic rings. The molecule has 1 aromatic heterocycles. The van der Waals surface area contributed by atoms with Crippen LogP contribution in [0, 0.1) is 10.1 Å². The van der Waals surface area contributed by atoms with Crippen molar-refractivity contribution in [2.45, 2.75) is 6.42 Å². The molecule has 0 aliphatic heterocycles. The second kappa shape index (κ2) is 8.20. The predicted octanol–water partition coefficient (Wildman–Crippen LogP) is 5.09. The molecule has 4 aromatic rings. The molecule has 0 saturated heterocycles. The van der Waals surface area contributed by atoms with Crippen LogP contribution in [0.1, 0.15) is 15.9 Å². The molecule has 0 unspecified atom stereocenters. The number of non-ortho nitro benzene ring substituents is 1. The molecular formula is C22H17N3O3S. The number of thiazole rings is 1. The average Bonchev–Trinajstić information content (AvgIpc) is 3.18. The first kappa shape index (κ1) is 18.8. The largest absolute Gasteiger partial charge is 0.284 e. The fourth-order valence-corrected chi connectivity index (χ4v) is 4.04. The second-order valence-corrected chi connectivity index (χ2v) is 7.47. The van der Waals surface area contributed by atoms with Crippen LogP contribution in [0.2, 0.25) is 0 Å². The maximum absolute atomic E-state index is 13.3. The first-order chi connectivity index (χ1) is 14.1. The number of fused-ring (bicyclic) bond motifs is 1. The Hall–Kier alpha value is -3.58. The lowest BCUT2D eigenvalue weighted by Crippen LogP contribution is -2.33. The molecule has 144 valence electrons. The van der Waals surface area contributed by atoms with Gasteiger partial charge in [0.2, 0.25) is 0 Å². The van der Waals surface area contributed by atoms with Crippen LogP contribution >= 0.6 is 11.3 Å². The van der Waals surface area contributed by atoms with Crippen molar-refractivity contribution >= 4 is 38.3 Å². The number of benzene rings is 3. The van der Waals surface area contributed by atoms with E-state index in [2.05, 4.69) is 4.98 Å². The third kappa shape index (κ3) is 4.14. The van der Waals surface area contributed by atoms with Crippen LogP contribution in [0.5, 0.6) is 0 Å². The summed E-state index contributed by atoms with van der Waals surface area (Å²) in [4.78, 5) is 30.1. The zero-order chi connectivity index (χ0) is 20.2. The van der Waals surface area contributed by atoms with Gasteiger partial charge < -0.3 is 0 Å². The molecule has 0 saturated carbocycles. The van der Waals surface area contributed by atoms with Crippen molar-refractivity contribution in [3.63, 3.8) is 0 Å². The highest BCUT2D eigenvalue weighted by molar-refractivity contribution is 7.22. The number of para-hydroxylation sites is 1. The topological polar surface area (TPSA) is 76.3 Å². The van der Waals surface area contributed by atoms with E-state index in [0.717, 1.165) is 15.8 Å². The van der Waals surface area contributed by atoms with Gasteiger partial charge in [0, 0.05) is 24.2 Å². The van der Waals surface area contributed by atoms with Crippen LogP contribution in [0.3, 0.4) is 0 Å². The van der Waals surface area contributed by atoms with E-state index in [1.807, 2.05) is 54.6 Å². The summed E-state index contributed by atoms with van der Waals surface area (Å²) in [6.45, 7) is 0.422. The van der Waals surface area contributed by atoms with Gasteiger partial charge >= 0.3 is 0 Å². The van der Waals surface area contributed by atoms with Gasteiger partial charge in [0.05, 0.1) is 15.1 Å². The van der Waals surface area contributed by atoms with Crippen molar-refractivity contribution < 1.29 is 9.72 Å². The molecule has 0 radical (unpaired) electrons. The van der Waals surface area contributed by atoms with Crippen molar-refractivity contribution in [1.29, 1.82) is 0 Å². The van der Waals surface area contributed by atoms with Gasteiger partial charge in [0.1, 0.15) is 0 Å². The standard InChI is InChI=1S/C22H17N3O3S/c26-21(17-9-6-10-18(15-17)25(27)28)24(14-13-16-7-2-1-3-8-16)22-23-19-11-4-5-12-20(19)29-22/h1-12,15H,13-14H2. The number of aromatic nitrogens is 1. The van der Waals surface area contributed by atoms with Gasteiger partial charge in [-0.1, -0.05) is 59.9 Å². The van der Waals surface area contributed by atoms with Crippen LogP contribution in [0.15, 0.2) is 78.9 Å². The summed E-state index contributed by atoms with van der Waals surface area (Å²) in [5.74, 6) is -0.302. The Labute approximate surface area is 171 Å². The number of nitrogens with zero attached hydrogens (tertiary/aromatic N) is 3. The van der Waals surface area contributed by atoms with E-state index in [0.29, 0.717) is 18.1 Å². The lowest BCUT2D eigenvalue weighted by Gasteiger charge is -2.20. The molecule has 4 rings (SSSR count). The van der Waals surface area contributed by atoms with Gasteiger partial charge in [0.25, 0.3) is 11.6 Å². The van der Waals surface area contributed by atoms with E-state index >= 15 is 0 Å². The molecule has 0 atom stereocenters. The normalized spacial score (nSPS) is 10.8. The summed E-state index contributed by atoms with van der Waals surface area (Å²) < 4.78 is 0.985. The maximum Gasteiger partial charge on any atom is 0.270 e. The molecule has 0 aliphatic carbocycles. The van der Waals surface area contributed by atoms with Gasteiger partial charge in [0.15, 0.2) is 5.13 Å². The molecule has 0 fully saturated rings. The number of hydrogen-bond acceptors (Lipinski definition) is 5. The molecule has 0 spiro atoms. The number of nitro groups is 1. The summed E-state index contributed by atoms with van der Waals surface area (Å²) in [5, 5.41) is 11.7. The monoisotopic (exact) mass is 403 g/mol. The Morgan fingerprint density at radius 3 is 2.52 bits per heavy atom. The zero-order valence-electron chi connectivity index (χ0n) is 15.4. The number of nitro benzene ring substituents is 1. The van der Waals surface area contributed by atoms with E-state index in [1.54, 1.807) is 11.0 Å². The molecule has 6 nitrogen and oxygen atoms in total. The van der Waals surface area contributed by atoms with E-state index in [4.69, 9.17) is 0 Å². The lowest BCUT2D eigenvalue weighted by molar-refractivity contribution is -0.384. The van der Waals surface area contributed by atoms with Crippen LogP contribution in [-0.2, 0) is 6.42 Å². The fraction of sp³-hybridized carbons (Fsp3) is 0.0909. The summed E-state index contributed by atoms with van der Waals surface area (Å²) in [6.07, 6.45) is 0.650. The zero-order valence-corrected chi connectivity index (χ0v) is 16.2. The van der Waals surface area contributed by atoms with Gasteiger partial charge in [-0.25, -0.2) is 4.98 Å². The third-order valence-corrected chi connectivity index (χ3v) is 5.59. The summed E-state index contributed by atoms with van der Waals surface area (Å²) >= 11 is 1.43. The Morgan fingerprint density at radius 1 is 1.00 bits per heavy atom. The fourth-order valence-electron chi connectivity index (χ4n) is 3.05. The van der Waals surface area contributed by atoms with Crippen molar-refractivity contribution in [1.82, 2.24) is 4.98 Å². The number of carbonyl (C=O) groups is 1. The number of hydrogen-bond donors (Lipinski definition) is 0. The Kier molecular flexibility index (Phi) is 5.31. The van der Waals surface area contributed by atoms with Gasteiger partial charge in [-0.2, -0.15) is 0 Å². The highest BCUT2D eigenvalue weighted by Crippen LogP contribution is 2.30. The minimum Gasteiger partial charge on any atom is -0.284 e. The quantitative estimate of drug-likeness (QED) is 0.332. The molecule has 1 amide bonds. The van der Waals surface area contributed by atoms with Crippen LogP contribution in [0.25, 0.3) is 10.2 Å². The van der Waals surface area contributed by atoms with Crippen LogP contribution < -0.4 is 4.90 Å². The summed E-state index contributed by atoms with van der Waals surface area (Å²) in [7, 11) is 0. The highest BCUT2D eigenvalue weighted by atomic mass is 32.1. The molecule has 29 heavy (non-hydrogen) atoms. The number of amides is 1. The van der Waals surface area contributed by atoms with Gasteiger partial charge in [-0.05, 0) is 30.2 Å².